The molecule has 1 aromatic heterocycles. The number of aromatic carboxylic acids is 2. The van der Waals surface area contributed by atoms with Crippen LogP contribution < -0.4 is 5.43 Å². The molecule has 0 saturated carbocycles. The highest BCUT2D eigenvalue weighted by atomic mass is 79.9. The number of rotatable bonds is 6. The maximum atomic E-state index is 11.6. The lowest BCUT2D eigenvalue weighted by Gasteiger charge is -2.13. The molecule has 220 valence electrons. The maximum Gasteiger partial charge on any atom is 0.341 e. The quantitative estimate of drug-likeness (QED) is 0.195. The van der Waals surface area contributed by atoms with Crippen LogP contribution in [0.25, 0.3) is 5.69 Å². The molecule has 3 N–H and O–H groups in total. The summed E-state index contributed by atoms with van der Waals surface area (Å²) in [4.78, 5) is 43.5. The molecule has 10 heteroatoms. The first kappa shape index (κ1) is 34.0. The molecule has 0 spiro atoms. The van der Waals surface area contributed by atoms with E-state index in [9.17, 15) is 19.2 Å². The van der Waals surface area contributed by atoms with Gasteiger partial charge in [-0.3, -0.25) is 9.59 Å². The Kier molecular flexibility index (Phi) is 12.7. The standard InChI is InChI=1S/C15H15NO3.C10H12O2.C7H4BrClO2/c1-9-4-10(2)6-12(5-9)16-8-13(15(18)19)14(17)7-11(16)3;1-8(7-10(11)12)9-5-3-2-4-6-9;8-6-3-4(9)1-2-5(6)7(10)11/h4-8H,1-3H3,(H,18,19);2-6,8H,7H2,1H3,(H,11,12);1-3H,(H,10,11). The molecule has 42 heavy (non-hydrogen) atoms. The Morgan fingerprint density at radius 3 is 1.90 bits per heavy atom. The lowest BCUT2D eigenvalue weighted by atomic mass is 9.98. The number of hydrogen-bond acceptors (Lipinski definition) is 4. The van der Waals surface area contributed by atoms with Crippen molar-refractivity contribution in [2.75, 3.05) is 0 Å². The zero-order valence-electron chi connectivity index (χ0n) is 23.5. The van der Waals surface area contributed by atoms with Crippen LogP contribution in [0, 0.1) is 20.8 Å². The number of nitrogens with zero attached hydrogens (tertiary/aromatic N) is 1. The van der Waals surface area contributed by atoms with E-state index < -0.39 is 23.3 Å². The van der Waals surface area contributed by atoms with Gasteiger partial charge in [-0.2, -0.15) is 0 Å². The molecule has 1 atom stereocenters. The van der Waals surface area contributed by atoms with Gasteiger partial charge in [0.05, 0.1) is 12.0 Å². The Balaban J connectivity index is 0.000000233. The molecule has 8 nitrogen and oxygen atoms in total. The summed E-state index contributed by atoms with van der Waals surface area (Å²) in [5.74, 6) is -2.81. The minimum absolute atomic E-state index is 0.101. The Bertz CT molecular complexity index is 1610. The van der Waals surface area contributed by atoms with E-state index in [1.54, 1.807) is 17.6 Å². The first-order valence-electron chi connectivity index (χ1n) is 12.7. The Morgan fingerprint density at radius 1 is 0.833 bits per heavy atom. The fourth-order valence-corrected chi connectivity index (χ4v) is 4.84. The van der Waals surface area contributed by atoms with Gasteiger partial charge in [0.2, 0.25) is 0 Å². The molecule has 0 aliphatic heterocycles. The number of halogens is 2. The van der Waals surface area contributed by atoms with Gasteiger partial charge in [0, 0.05) is 33.1 Å². The number of aliphatic carboxylic acids is 1. The molecular weight excluding hydrogens is 626 g/mol. The summed E-state index contributed by atoms with van der Waals surface area (Å²) < 4.78 is 2.22. The second kappa shape index (κ2) is 15.7. The van der Waals surface area contributed by atoms with E-state index in [1.165, 1.54) is 24.4 Å². The Morgan fingerprint density at radius 2 is 1.40 bits per heavy atom. The van der Waals surface area contributed by atoms with Crippen LogP contribution in [0.4, 0.5) is 0 Å². The van der Waals surface area contributed by atoms with E-state index in [-0.39, 0.29) is 23.5 Å². The lowest BCUT2D eigenvalue weighted by molar-refractivity contribution is -0.137. The number of benzene rings is 3. The van der Waals surface area contributed by atoms with E-state index in [2.05, 4.69) is 15.9 Å². The molecule has 1 unspecified atom stereocenters. The van der Waals surface area contributed by atoms with E-state index in [4.69, 9.17) is 26.9 Å². The van der Waals surface area contributed by atoms with Crippen molar-refractivity contribution in [2.24, 2.45) is 0 Å². The van der Waals surface area contributed by atoms with Gasteiger partial charge < -0.3 is 19.9 Å². The summed E-state index contributed by atoms with van der Waals surface area (Å²) in [6.45, 7) is 7.66. The van der Waals surface area contributed by atoms with E-state index in [0.29, 0.717) is 15.2 Å². The number of aryl methyl sites for hydroxylation is 3. The lowest BCUT2D eigenvalue weighted by Crippen LogP contribution is -2.18. The molecule has 0 saturated heterocycles. The second-order valence-corrected chi connectivity index (χ2v) is 10.8. The SMILES string of the molecule is CC(CC(=O)O)c1ccccc1.Cc1cc(C)cc(-n2cc(C(=O)O)c(=O)cc2C)c1.O=C(O)c1ccc(Cl)cc1Br. The summed E-state index contributed by atoms with van der Waals surface area (Å²) in [5, 5.41) is 26.7. The van der Waals surface area contributed by atoms with Gasteiger partial charge in [0.1, 0.15) is 5.56 Å². The van der Waals surface area contributed by atoms with E-state index in [1.807, 2.05) is 69.3 Å². The van der Waals surface area contributed by atoms with Crippen molar-refractivity contribution in [3.8, 4) is 5.69 Å². The average Bonchev–Trinajstić information content (AvgIpc) is 2.88. The maximum absolute atomic E-state index is 11.6. The molecule has 4 aromatic rings. The van der Waals surface area contributed by atoms with Gasteiger partial charge in [0.25, 0.3) is 0 Å². The summed E-state index contributed by atoms with van der Waals surface area (Å²) >= 11 is 8.68. The smallest absolute Gasteiger partial charge is 0.341 e. The third-order valence-electron chi connectivity index (χ3n) is 5.97. The monoisotopic (exact) mass is 655 g/mol. The fraction of sp³-hybridized carbons (Fsp3) is 0.188. The van der Waals surface area contributed by atoms with Crippen LogP contribution in [-0.2, 0) is 4.79 Å². The van der Waals surface area contributed by atoms with Crippen molar-refractivity contribution in [2.45, 2.75) is 40.0 Å². The van der Waals surface area contributed by atoms with Crippen molar-refractivity contribution < 1.29 is 29.7 Å². The van der Waals surface area contributed by atoms with Gasteiger partial charge >= 0.3 is 17.9 Å². The van der Waals surface area contributed by atoms with Crippen LogP contribution >= 0.6 is 27.5 Å². The van der Waals surface area contributed by atoms with Crippen molar-refractivity contribution >= 4 is 45.4 Å². The predicted molar refractivity (Wildman–Crippen MR) is 166 cm³/mol. The minimum atomic E-state index is -1.21. The Hall–Kier alpha value is -4.21. The normalized spacial score (nSPS) is 10.8. The predicted octanol–water partition coefficient (Wildman–Crippen LogP) is 7.53. The molecule has 0 fully saturated rings. The van der Waals surface area contributed by atoms with E-state index >= 15 is 0 Å². The molecular formula is C32H31BrClNO7. The molecule has 0 amide bonds. The molecule has 0 aliphatic rings. The molecule has 0 bridgehead atoms. The third-order valence-corrected chi connectivity index (χ3v) is 6.86. The third kappa shape index (κ3) is 10.3. The van der Waals surface area contributed by atoms with Gasteiger partial charge in [-0.1, -0.05) is 54.9 Å². The molecule has 1 heterocycles. The van der Waals surface area contributed by atoms with Crippen molar-refractivity contribution in [1.82, 2.24) is 4.57 Å². The number of pyridine rings is 1. The first-order chi connectivity index (χ1) is 19.7. The van der Waals surface area contributed by atoms with Crippen LogP contribution in [-0.4, -0.2) is 37.8 Å². The zero-order chi connectivity index (χ0) is 31.6. The summed E-state index contributed by atoms with van der Waals surface area (Å²) in [7, 11) is 0. The topological polar surface area (TPSA) is 134 Å². The minimum Gasteiger partial charge on any atom is -0.481 e. The first-order valence-corrected chi connectivity index (χ1v) is 13.9. The van der Waals surface area contributed by atoms with Crippen LogP contribution in [0.3, 0.4) is 0 Å². The number of carboxylic acids is 3. The van der Waals surface area contributed by atoms with Crippen LogP contribution in [0.15, 0.2) is 88.3 Å². The van der Waals surface area contributed by atoms with Crippen LogP contribution in [0.1, 0.15) is 62.4 Å². The number of carbonyl (C=O) groups is 3. The van der Waals surface area contributed by atoms with Gasteiger partial charge in [-0.15, -0.1) is 0 Å². The average molecular weight is 657 g/mol. The molecule has 0 radical (unpaired) electrons. The highest BCUT2D eigenvalue weighted by Crippen LogP contribution is 2.21. The molecule has 3 aromatic carbocycles. The Labute approximate surface area is 257 Å². The summed E-state index contributed by atoms with van der Waals surface area (Å²) in [5.41, 5.74) is 4.36. The van der Waals surface area contributed by atoms with Crippen molar-refractivity contribution in [3.63, 3.8) is 0 Å². The molecule has 0 aliphatic carbocycles. The van der Waals surface area contributed by atoms with Crippen LogP contribution in [0.5, 0.6) is 0 Å². The molecule has 4 rings (SSSR count). The fourth-order valence-electron chi connectivity index (χ4n) is 3.98. The van der Waals surface area contributed by atoms with Gasteiger partial charge in [0.15, 0.2) is 5.43 Å². The van der Waals surface area contributed by atoms with E-state index in [0.717, 1.165) is 22.4 Å². The highest BCUT2D eigenvalue weighted by Gasteiger charge is 2.12. The largest absolute Gasteiger partial charge is 0.481 e. The number of carboxylic acid groups (broad SMARTS) is 3. The van der Waals surface area contributed by atoms with Gasteiger partial charge in [-0.25, -0.2) is 9.59 Å². The van der Waals surface area contributed by atoms with Crippen LogP contribution in [0.2, 0.25) is 5.02 Å². The number of hydrogen-bond donors (Lipinski definition) is 3. The summed E-state index contributed by atoms with van der Waals surface area (Å²) in [6, 6.07) is 21.5. The second-order valence-electron chi connectivity index (χ2n) is 9.55. The zero-order valence-corrected chi connectivity index (χ0v) is 25.8. The van der Waals surface area contributed by atoms with Crippen molar-refractivity contribution in [1.29, 1.82) is 0 Å². The summed E-state index contributed by atoms with van der Waals surface area (Å²) in [6.07, 6.45) is 1.58. The van der Waals surface area contributed by atoms with Crippen molar-refractivity contribution in [3.05, 3.63) is 132 Å². The highest BCUT2D eigenvalue weighted by molar-refractivity contribution is 9.10. The number of aromatic nitrogens is 1. The van der Waals surface area contributed by atoms with Gasteiger partial charge in [-0.05, 0) is 89.6 Å².